The van der Waals surface area contributed by atoms with Crippen LogP contribution in [0, 0.1) is 0 Å². The molecule has 1 aliphatic rings. The molecule has 5 nitrogen and oxygen atoms in total. The lowest BCUT2D eigenvalue weighted by Gasteiger charge is -2.07. The minimum Gasteiger partial charge on any atom is -0.439 e. The maximum Gasteiger partial charge on any atom is 0.248 e. The number of carbonyl (C=O) groups is 1. The molecule has 0 radical (unpaired) electrons. The van der Waals surface area contributed by atoms with Gasteiger partial charge in [-0.05, 0) is 37.1 Å². The smallest absolute Gasteiger partial charge is 0.248 e. The number of ether oxygens (including phenoxy) is 1. The van der Waals surface area contributed by atoms with Crippen molar-refractivity contribution in [3.05, 3.63) is 46.9 Å². The third kappa shape index (κ3) is 2.88. The van der Waals surface area contributed by atoms with E-state index >= 15 is 0 Å². The van der Waals surface area contributed by atoms with E-state index in [1.54, 1.807) is 30.3 Å². The summed E-state index contributed by atoms with van der Waals surface area (Å²) in [4.78, 5) is 19.5. The molecule has 1 aliphatic carbocycles. The van der Waals surface area contributed by atoms with Gasteiger partial charge in [0.1, 0.15) is 16.7 Å². The van der Waals surface area contributed by atoms with Gasteiger partial charge in [-0.2, -0.15) is 4.98 Å². The van der Waals surface area contributed by atoms with E-state index in [2.05, 4.69) is 9.97 Å². The van der Waals surface area contributed by atoms with Crippen molar-refractivity contribution in [2.75, 3.05) is 0 Å². The zero-order chi connectivity index (χ0) is 14.1. The van der Waals surface area contributed by atoms with E-state index in [1.807, 2.05) is 0 Å². The Morgan fingerprint density at radius 2 is 1.95 bits per heavy atom. The largest absolute Gasteiger partial charge is 0.439 e. The van der Waals surface area contributed by atoms with Crippen LogP contribution >= 0.6 is 11.6 Å². The highest BCUT2D eigenvalue weighted by molar-refractivity contribution is 6.29. The molecule has 0 aliphatic heterocycles. The summed E-state index contributed by atoms with van der Waals surface area (Å²) in [5.41, 5.74) is 5.61. The van der Waals surface area contributed by atoms with Crippen LogP contribution in [0.15, 0.2) is 30.3 Å². The fourth-order valence-corrected chi connectivity index (χ4v) is 1.98. The first kappa shape index (κ1) is 12.9. The Bertz CT molecular complexity index is 654. The van der Waals surface area contributed by atoms with Crippen molar-refractivity contribution in [2.45, 2.75) is 18.8 Å². The highest BCUT2D eigenvalue weighted by Crippen LogP contribution is 2.39. The molecule has 3 rings (SSSR count). The molecular weight excluding hydrogens is 278 g/mol. The SMILES string of the molecule is NC(=O)c1ccc(Oc2cc(Cl)nc(C3CC3)n2)cc1. The first-order valence-electron chi connectivity index (χ1n) is 6.24. The van der Waals surface area contributed by atoms with Gasteiger partial charge in [0, 0.05) is 17.5 Å². The van der Waals surface area contributed by atoms with E-state index in [1.165, 1.54) is 0 Å². The molecule has 1 aromatic heterocycles. The van der Waals surface area contributed by atoms with Gasteiger partial charge in [0.2, 0.25) is 11.8 Å². The number of primary amides is 1. The van der Waals surface area contributed by atoms with Crippen molar-refractivity contribution in [2.24, 2.45) is 5.73 Å². The number of amides is 1. The van der Waals surface area contributed by atoms with Crippen LogP contribution in [0.3, 0.4) is 0 Å². The van der Waals surface area contributed by atoms with Crippen LogP contribution in [-0.2, 0) is 0 Å². The summed E-state index contributed by atoms with van der Waals surface area (Å²) < 4.78 is 5.62. The number of benzene rings is 1. The highest BCUT2D eigenvalue weighted by Gasteiger charge is 2.27. The molecule has 0 unspecified atom stereocenters. The van der Waals surface area contributed by atoms with Crippen LogP contribution in [0.1, 0.15) is 34.9 Å². The van der Waals surface area contributed by atoms with Gasteiger partial charge < -0.3 is 10.5 Å². The predicted molar refractivity (Wildman–Crippen MR) is 74.1 cm³/mol. The molecule has 1 saturated carbocycles. The average molecular weight is 290 g/mol. The molecule has 0 saturated heterocycles. The average Bonchev–Trinajstić information content (AvgIpc) is 3.23. The number of rotatable bonds is 4. The maximum absolute atomic E-state index is 11.0. The number of aromatic nitrogens is 2. The van der Waals surface area contributed by atoms with Crippen LogP contribution in [0.5, 0.6) is 11.6 Å². The molecule has 1 heterocycles. The van der Waals surface area contributed by atoms with Gasteiger partial charge in [-0.25, -0.2) is 4.98 Å². The number of nitrogens with two attached hydrogens (primary N) is 1. The predicted octanol–water partition coefficient (Wildman–Crippen LogP) is 2.90. The summed E-state index contributed by atoms with van der Waals surface area (Å²) >= 11 is 5.96. The lowest BCUT2D eigenvalue weighted by atomic mass is 10.2. The molecule has 1 amide bonds. The first-order chi connectivity index (χ1) is 9.61. The maximum atomic E-state index is 11.0. The van der Waals surface area contributed by atoms with Crippen molar-refractivity contribution in [1.29, 1.82) is 0 Å². The summed E-state index contributed by atoms with van der Waals surface area (Å²) in [6.07, 6.45) is 2.18. The van der Waals surface area contributed by atoms with Crippen molar-refractivity contribution in [1.82, 2.24) is 9.97 Å². The summed E-state index contributed by atoms with van der Waals surface area (Å²) in [5.74, 6) is 1.61. The van der Waals surface area contributed by atoms with E-state index in [4.69, 9.17) is 22.1 Å². The molecule has 0 spiro atoms. The second kappa shape index (κ2) is 5.09. The highest BCUT2D eigenvalue weighted by atomic mass is 35.5. The van der Waals surface area contributed by atoms with E-state index in [0.717, 1.165) is 18.7 Å². The quantitative estimate of drug-likeness (QED) is 0.878. The van der Waals surface area contributed by atoms with Crippen LogP contribution < -0.4 is 10.5 Å². The zero-order valence-electron chi connectivity index (χ0n) is 10.5. The lowest BCUT2D eigenvalue weighted by Crippen LogP contribution is -2.10. The topological polar surface area (TPSA) is 78.1 Å². The third-order valence-electron chi connectivity index (χ3n) is 2.99. The van der Waals surface area contributed by atoms with E-state index in [0.29, 0.717) is 28.3 Å². The van der Waals surface area contributed by atoms with Crippen molar-refractivity contribution in [3.63, 3.8) is 0 Å². The standard InChI is InChI=1S/C14H12ClN3O2/c15-11-7-12(18-14(17-11)9-1-2-9)20-10-5-3-8(4-6-10)13(16)19/h3-7,9H,1-2H2,(H2,16,19). The molecular formula is C14H12ClN3O2. The Labute approximate surface area is 120 Å². The van der Waals surface area contributed by atoms with Gasteiger partial charge in [-0.15, -0.1) is 0 Å². The van der Waals surface area contributed by atoms with Gasteiger partial charge in [-0.1, -0.05) is 11.6 Å². The van der Waals surface area contributed by atoms with Gasteiger partial charge >= 0.3 is 0 Å². The lowest BCUT2D eigenvalue weighted by molar-refractivity contribution is 0.100. The number of hydrogen-bond acceptors (Lipinski definition) is 4. The normalized spacial score (nSPS) is 14.1. The molecule has 2 aromatic rings. The number of nitrogens with zero attached hydrogens (tertiary/aromatic N) is 2. The molecule has 2 N–H and O–H groups in total. The summed E-state index contributed by atoms with van der Waals surface area (Å²) in [6, 6.07) is 8.08. The molecule has 102 valence electrons. The molecule has 6 heteroatoms. The Kier molecular flexibility index (Phi) is 3.28. The van der Waals surface area contributed by atoms with E-state index in [-0.39, 0.29) is 0 Å². The van der Waals surface area contributed by atoms with Crippen LogP contribution in [0.2, 0.25) is 5.15 Å². The van der Waals surface area contributed by atoms with Crippen molar-refractivity contribution in [3.8, 4) is 11.6 Å². The number of halogens is 1. The zero-order valence-corrected chi connectivity index (χ0v) is 11.3. The van der Waals surface area contributed by atoms with Crippen LogP contribution in [0.25, 0.3) is 0 Å². The summed E-state index contributed by atoms with van der Waals surface area (Å²) in [7, 11) is 0. The monoisotopic (exact) mass is 289 g/mol. The van der Waals surface area contributed by atoms with E-state index < -0.39 is 5.91 Å². The second-order valence-electron chi connectivity index (χ2n) is 4.65. The van der Waals surface area contributed by atoms with Crippen molar-refractivity contribution < 1.29 is 9.53 Å². The number of hydrogen-bond donors (Lipinski definition) is 1. The van der Waals surface area contributed by atoms with Gasteiger partial charge in [-0.3, -0.25) is 4.79 Å². The molecule has 1 fully saturated rings. The van der Waals surface area contributed by atoms with Crippen molar-refractivity contribution >= 4 is 17.5 Å². The Hall–Kier alpha value is -2.14. The molecule has 0 bridgehead atoms. The van der Waals surface area contributed by atoms with Gasteiger partial charge in [0.05, 0.1) is 0 Å². The van der Waals surface area contributed by atoms with E-state index in [9.17, 15) is 4.79 Å². The molecule has 0 atom stereocenters. The molecule has 20 heavy (non-hydrogen) atoms. The summed E-state index contributed by atoms with van der Waals surface area (Å²) in [6.45, 7) is 0. The minimum atomic E-state index is -0.474. The first-order valence-corrected chi connectivity index (χ1v) is 6.62. The Balaban J connectivity index is 1.81. The third-order valence-corrected chi connectivity index (χ3v) is 3.19. The Morgan fingerprint density at radius 3 is 2.55 bits per heavy atom. The fourth-order valence-electron chi connectivity index (χ4n) is 1.80. The van der Waals surface area contributed by atoms with Gasteiger partial charge in [0.25, 0.3) is 0 Å². The van der Waals surface area contributed by atoms with Crippen LogP contribution in [0.4, 0.5) is 0 Å². The summed E-state index contributed by atoms with van der Waals surface area (Å²) in [5, 5.41) is 0.366. The molecule has 1 aromatic carbocycles. The minimum absolute atomic E-state index is 0.366. The van der Waals surface area contributed by atoms with Gasteiger partial charge in [0.15, 0.2) is 0 Å². The van der Waals surface area contributed by atoms with Crippen LogP contribution in [-0.4, -0.2) is 15.9 Å². The second-order valence-corrected chi connectivity index (χ2v) is 5.04. The Morgan fingerprint density at radius 1 is 1.25 bits per heavy atom. The fraction of sp³-hybridized carbons (Fsp3) is 0.214. The number of carbonyl (C=O) groups excluding carboxylic acids is 1.